The van der Waals surface area contributed by atoms with Crippen molar-refractivity contribution in [3.8, 4) is 33.3 Å². The number of hydrogen-bond acceptors (Lipinski definition) is 8. The highest BCUT2D eigenvalue weighted by Crippen LogP contribution is 2.34. The molecule has 0 atom stereocenters. The molecule has 3 N–H and O–H groups in total. The molecule has 0 aliphatic heterocycles. The van der Waals surface area contributed by atoms with Crippen LogP contribution >= 0.6 is 11.3 Å². The van der Waals surface area contributed by atoms with E-state index in [0.717, 1.165) is 68.5 Å². The number of nitrogens with zero attached hydrogens (tertiary/aromatic N) is 5. The molecule has 10 heteroatoms. The highest BCUT2D eigenvalue weighted by Gasteiger charge is 2.19. The second-order valence-electron chi connectivity index (χ2n) is 10.4. The van der Waals surface area contributed by atoms with Gasteiger partial charge in [0.25, 0.3) is 0 Å². The first-order chi connectivity index (χ1) is 19.6. The summed E-state index contributed by atoms with van der Waals surface area (Å²) in [5, 5.41) is 11.2. The fraction of sp³-hybridized carbons (Fsp3) is 0.267. The largest absolute Gasteiger partial charge is 0.336 e. The molecule has 1 aliphatic rings. The third-order valence-electron chi connectivity index (χ3n) is 7.55. The van der Waals surface area contributed by atoms with Crippen LogP contribution in [0.25, 0.3) is 55.4 Å². The van der Waals surface area contributed by atoms with Crippen LogP contribution in [0.5, 0.6) is 0 Å². The van der Waals surface area contributed by atoms with Crippen molar-refractivity contribution in [2.45, 2.75) is 39.2 Å². The molecule has 0 unspecified atom stereocenters. The lowest BCUT2D eigenvalue weighted by atomic mass is 10.1. The van der Waals surface area contributed by atoms with Crippen LogP contribution in [0.3, 0.4) is 0 Å². The van der Waals surface area contributed by atoms with Gasteiger partial charge in [0.15, 0.2) is 17.3 Å². The van der Waals surface area contributed by atoms with Crippen LogP contribution in [0, 0.1) is 5.92 Å². The molecular formula is C30H28N8OS. The van der Waals surface area contributed by atoms with Crippen LogP contribution in [-0.2, 0) is 6.54 Å². The van der Waals surface area contributed by atoms with Crippen molar-refractivity contribution in [3.63, 3.8) is 0 Å². The Morgan fingerprint density at radius 3 is 2.75 bits per heavy atom. The van der Waals surface area contributed by atoms with Gasteiger partial charge >= 0.3 is 0 Å². The van der Waals surface area contributed by atoms with E-state index in [1.54, 1.807) is 13.1 Å². The highest BCUT2D eigenvalue weighted by molar-refractivity contribution is 7.17. The summed E-state index contributed by atoms with van der Waals surface area (Å²) < 4.78 is 0. The lowest BCUT2D eigenvalue weighted by molar-refractivity contribution is 0.102. The quantitative estimate of drug-likeness (QED) is 0.194. The molecule has 6 aromatic rings. The second kappa shape index (κ2) is 10.4. The Kier molecular flexibility index (Phi) is 6.41. The zero-order chi connectivity index (χ0) is 27.1. The summed E-state index contributed by atoms with van der Waals surface area (Å²) in [5.41, 5.74) is 7.42. The van der Waals surface area contributed by atoms with E-state index < -0.39 is 0 Å². The molecule has 0 bridgehead atoms. The fourth-order valence-corrected chi connectivity index (χ4v) is 6.37. The number of thiophene rings is 1. The average Bonchev–Trinajstić information content (AvgIpc) is 3.78. The van der Waals surface area contributed by atoms with E-state index in [1.807, 2.05) is 42.7 Å². The number of rotatable bonds is 8. The maximum Gasteiger partial charge on any atom is 0.169 e. The Balaban J connectivity index is 1.20. The Morgan fingerprint density at radius 2 is 1.90 bits per heavy atom. The molecule has 1 aliphatic carbocycles. The molecule has 0 spiro atoms. The number of ketones is 1. The van der Waals surface area contributed by atoms with Crippen molar-refractivity contribution >= 4 is 39.2 Å². The van der Waals surface area contributed by atoms with Gasteiger partial charge in [-0.2, -0.15) is 5.10 Å². The number of fused-ring (bicyclic) bond motifs is 2. The minimum absolute atomic E-state index is 0.0390. The van der Waals surface area contributed by atoms with E-state index in [2.05, 4.69) is 36.5 Å². The van der Waals surface area contributed by atoms with Gasteiger partial charge in [0.2, 0.25) is 0 Å². The topological polar surface area (TPSA) is 125 Å². The first-order valence-corrected chi connectivity index (χ1v) is 14.4. The van der Waals surface area contributed by atoms with Gasteiger partial charge in [0, 0.05) is 30.7 Å². The molecule has 0 amide bonds. The zero-order valence-corrected chi connectivity index (χ0v) is 22.9. The van der Waals surface area contributed by atoms with E-state index in [0.29, 0.717) is 16.4 Å². The number of nitrogens with one attached hydrogen (secondary N) is 3. The molecule has 6 heterocycles. The predicted octanol–water partition coefficient (Wildman–Crippen LogP) is 6.17. The lowest BCUT2D eigenvalue weighted by Crippen LogP contribution is -2.20. The van der Waals surface area contributed by atoms with E-state index in [-0.39, 0.29) is 5.78 Å². The summed E-state index contributed by atoms with van der Waals surface area (Å²) in [4.78, 5) is 35.7. The van der Waals surface area contributed by atoms with E-state index in [4.69, 9.17) is 9.97 Å². The second-order valence-corrected chi connectivity index (χ2v) is 11.5. The Hall–Kier alpha value is -4.28. The number of aromatic amines is 2. The van der Waals surface area contributed by atoms with Crippen molar-refractivity contribution in [1.29, 1.82) is 0 Å². The van der Waals surface area contributed by atoms with Gasteiger partial charge in [-0.05, 0) is 74.2 Å². The van der Waals surface area contributed by atoms with Crippen molar-refractivity contribution in [2.75, 3.05) is 6.54 Å². The van der Waals surface area contributed by atoms with Crippen molar-refractivity contribution in [2.24, 2.45) is 5.92 Å². The minimum Gasteiger partial charge on any atom is -0.336 e. The van der Waals surface area contributed by atoms with E-state index in [9.17, 15) is 4.79 Å². The molecule has 1 saturated carbocycles. The Morgan fingerprint density at radius 1 is 1.02 bits per heavy atom. The number of Topliss-reactive ketones (excluding diaryl/α,β-unsaturated/α-hetero) is 1. The number of hydrogen-bond donors (Lipinski definition) is 3. The molecule has 200 valence electrons. The molecular weight excluding hydrogens is 520 g/mol. The van der Waals surface area contributed by atoms with Gasteiger partial charge in [-0.1, -0.05) is 12.8 Å². The van der Waals surface area contributed by atoms with Gasteiger partial charge in [-0.25, -0.2) is 9.97 Å². The van der Waals surface area contributed by atoms with Gasteiger partial charge in [0.05, 0.1) is 26.5 Å². The summed E-state index contributed by atoms with van der Waals surface area (Å²) >= 11 is 1.42. The van der Waals surface area contributed by atoms with Crippen molar-refractivity contribution in [3.05, 3.63) is 65.4 Å². The first-order valence-electron chi connectivity index (χ1n) is 13.6. The molecule has 0 saturated heterocycles. The molecule has 40 heavy (non-hydrogen) atoms. The van der Waals surface area contributed by atoms with Gasteiger partial charge < -0.3 is 10.3 Å². The van der Waals surface area contributed by atoms with Crippen LogP contribution in [0.4, 0.5) is 0 Å². The summed E-state index contributed by atoms with van der Waals surface area (Å²) in [7, 11) is 0. The number of carbonyl (C=O) groups excluding carboxylic acids is 1. The third kappa shape index (κ3) is 4.69. The van der Waals surface area contributed by atoms with Crippen molar-refractivity contribution < 1.29 is 4.79 Å². The standard InChI is InChI=1S/C30H28N8OS/c1-17(39)24-8-9-25(40-24)28-26-22(10-11-33-28)35-30(36-26)29-27-23(37-38-29)7-6-21(34-27)20-12-19(15-32-16-20)14-31-13-18-4-2-3-5-18/h6-12,15-16,18,31H,2-5,13-14H2,1H3,(H,35,36)(H,37,38). The maximum absolute atomic E-state index is 11.8. The zero-order valence-electron chi connectivity index (χ0n) is 22.1. The predicted molar refractivity (Wildman–Crippen MR) is 157 cm³/mol. The average molecular weight is 549 g/mol. The van der Waals surface area contributed by atoms with Crippen LogP contribution in [0.15, 0.2) is 55.0 Å². The summed E-state index contributed by atoms with van der Waals surface area (Å²) in [6.45, 7) is 3.43. The van der Waals surface area contributed by atoms with Crippen LogP contribution in [-0.4, -0.2) is 47.4 Å². The summed E-state index contributed by atoms with van der Waals surface area (Å²) in [5.74, 6) is 1.44. The molecule has 0 aromatic carbocycles. The SMILES string of the molecule is CC(=O)c1ccc(-c2nccc3[nH]c(-c4n[nH]c5ccc(-c6cncc(CNCC7CCCC7)c6)nc45)nc23)s1. The lowest BCUT2D eigenvalue weighted by Gasteiger charge is -2.11. The van der Waals surface area contributed by atoms with E-state index >= 15 is 0 Å². The highest BCUT2D eigenvalue weighted by atomic mass is 32.1. The molecule has 1 fully saturated rings. The number of H-pyrrole nitrogens is 2. The maximum atomic E-state index is 11.8. The van der Waals surface area contributed by atoms with E-state index in [1.165, 1.54) is 37.0 Å². The first kappa shape index (κ1) is 24.7. The molecule has 7 rings (SSSR count). The number of aromatic nitrogens is 7. The number of pyridine rings is 3. The van der Waals surface area contributed by atoms with Gasteiger partial charge in [0.1, 0.15) is 16.7 Å². The molecule has 9 nitrogen and oxygen atoms in total. The Labute approximate surface area is 234 Å². The monoisotopic (exact) mass is 548 g/mol. The van der Waals surface area contributed by atoms with Crippen LogP contribution < -0.4 is 5.32 Å². The summed E-state index contributed by atoms with van der Waals surface area (Å²) in [6.07, 6.45) is 10.9. The van der Waals surface area contributed by atoms with Gasteiger partial charge in [-0.15, -0.1) is 11.3 Å². The molecule has 6 aromatic heterocycles. The minimum atomic E-state index is 0.0390. The Bertz CT molecular complexity index is 1850. The van der Waals surface area contributed by atoms with Crippen molar-refractivity contribution in [1.82, 2.24) is 40.4 Å². The van der Waals surface area contributed by atoms with Gasteiger partial charge in [-0.3, -0.25) is 19.9 Å². The number of imidazole rings is 1. The van der Waals surface area contributed by atoms with Crippen LogP contribution in [0.2, 0.25) is 0 Å². The normalized spacial score (nSPS) is 14.0. The number of carbonyl (C=O) groups is 1. The third-order valence-corrected chi connectivity index (χ3v) is 8.74. The summed E-state index contributed by atoms with van der Waals surface area (Å²) in [6, 6.07) is 11.8. The molecule has 0 radical (unpaired) electrons. The fourth-order valence-electron chi connectivity index (χ4n) is 5.47. The smallest absolute Gasteiger partial charge is 0.169 e. The van der Waals surface area contributed by atoms with Crippen LogP contribution in [0.1, 0.15) is 47.8 Å².